The molecule has 27 heavy (non-hydrogen) atoms. The molecule has 0 unspecified atom stereocenters. The van der Waals surface area contributed by atoms with Gasteiger partial charge in [0, 0.05) is 11.1 Å². The highest BCUT2D eigenvalue weighted by molar-refractivity contribution is 6.42. The second-order valence-corrected chi connectivity index (χ2v) is 6.88. The van der Waals surface area contributed by atoms with Crippen molar-refractivity contribution in [3.8, 4) is 11.5 Å². The quantitative estimate of drug-likeness (QED) is 0.438. The molecule has 0 atom stereocenters. The number of nitrogens with one attached hydrogen (secondary N) is 1. The first-order valence-electron chi connectivity index (χ1n) is 8.24. The Morgan fingerprint density at radius 1 is 1.00 bits per heavy atom. The Morgan fingerprint density at radius 3 is 2.56 bits per heavy atom. The minimum atomic E-state index is -0.267. The molecule has 0 spiro atoms. The first-order valence-corrected chi connectivity index (χ1v) is 9.00. The van der Waals surface area contributed by atoms with Gasteiger partial charge in [-0.2, -0.15) is 0 Å². The molecule has 2 heterocycles. The summed E-state index contributed by atoms with van der Waals surface area (Å²) in [5.41, 5.74) is 2.37. The lowest BCUT2D eigenvalue weighted by Crippen LogP contribution is -2.13. The van der Waals surface area contributed by atoms with Gasteiger partial charge in [-0.3, -0.25) is 4.79 Å². The van der Waals surface area contributed by atoms with Crippen LogP contribution in [0.5, 0.6) is 0 Å². The maximum Gasteiger partial charge on any atom is 0.256 e. The van der Waals surface area contributed by atoms with Crippen molar-refractivity contribution in [2.75, 3.05) is 5.32 Å². The number of amides is 1. The fraction of sp³-hybridized carbons (Fsp3) is 0.0476. The van der Waals surface area contributed by atoms with Crippen molar-refractivity contribution in [2.24, 2.45) is 0 Å². The lowest BCUT2D eigenvalue weighted by Gasteiger charge is -2.10. The second kappa shape index (κ2) is 7.06. The molecule has 0 aliphatic heterocycles. The number of anilines is 1. The first-order chi connectivity index (χ1) is 13.0. The molecule has 4 nitrogen and oxygen atoms in total. The Labute approximate surface area is 165 Å². The number of hydrogen-bond acceptors (Lipinski definition) is 3. The van der Waals surface area contributed by atoms with E-state index in [0.717, 1.165) is 11.1 Å². The Morgan fingerprint density at radius 2 is 1.81 bits per heavy atom. The van der Waals surface area contributed by atoms with Gasteiger partial charge in [-0.05, 0) is 49.4 Å². The van der Waals surface area contributed by atoms with Gasteiger partial charge in [-0.1, -0.05) is 41.4 Å². The van der Waals surface area contributed by atoms with Crippen molar-refractivity contribution in [1.29, 1.82) is 0 Å². The van der Waals surface area contributed by atoms with Gasteiger partial charge in [-0.25, -0.2) is 4.98 Å². The van der Waals surface area contributed by atoms with Crippen molar-refractivity contribution in [3.63, 3.8) is 0 Å². The number of aromatic nitrogens is 1. The van der Waals surface area contributed by atoms with Crippen molar-refractivity contribution < 1.29 is 9.21 Å². The number of halogens is 2. The number of carbonyl (C=O) groups excluding carboxylic acids is 1. The van der Waals surface area contributed by atoms with Gasteiger partial charge >= 0.3 is 0 Å². The number of nitrogens with zero attached hydrogens (tertiary/aromatic N) is 1. The third-order valence-corrected chi connectivity index (χ3v) is 4.87. The van der Waals surface area contributed by atoms with E-state index in [1.54, 1.807) is 24.3 Å². The molecule has 6 heteroatoms. The van der Waals surface area contributed by atoms with Gasteiger partial charge in [0.2, 0.25) is 0 Å². The maximum atomic E-state index is 13.0. The van der Waals surface area contributed by atoms with E-state index in [2.05, 4.69) is 10.3 Å². The number of benzene rings is 2. The molecule has 0 radical (unpaired) electrons. The Balaban J connectivity index is 1.79. The van der Waals surface area contributed by atoms with Crippen LogP contribution in [0.2, 0.25) is 10.0 Å². The van der Waals surface area contributed by atoms with Crippen LogP contribution < -0.4 is 5.32 Å². The minimum absolute atomic E-state index is 0.267. The molecule has 1 N–H and O–H groups in total. The van der Waals surface area contributed by atoms with Crippen LogP contribution in [0.3, 0.4) is 0 Å². The van der Waals surface area contributed by atoms with Crippen LogP contribution in [0.1, 0.15) is 16.1 Å². The molecule has 4 aromatic rings. The summed E-state index contributed by atoms with van der Waals surface area (Å²) in [5.74, 6) is 1.13. The summed E-state index contributed by atoms with van der Waals surface area (Å²) in [6, 6.07) is 17.9. The van der Waals surface area contributed by atoms with E-state index in [9.17, 15) is 4.79 Å². The van der Waals surface area contributed by atoms with Crippen LogP contribution in [0.4, 0.5) is 5.69 Å². The first kappa shape index (κ1) is 17.6. The minimum Gasteiger partial charge on any atom is -0.460 e. The molecule has 2 aromatic carbocycles. The van der Waals surface area contributed by atoms with Gasteiger partial charge in [0.25, 0.3) is 5.91 Å². The average Bonchev–Trinajstić information content (AvgIpc) is 3.10. The van der Waals surface area contributed by atoms with E-state index in [1.807, 2.05) is 43.3 Å². The SMILES string of the molecule is Cc1ccc(-c2cc(C(=O)Nc3ccc(Cl)c(Cl)c3)c3ccccc3n2)o1. The van der Waals surface area contributed by atoms with E-state index < -0.39 is 0 Å². The van der Waals surface area contributed by atoms with Gasteiger partial charge in [-0.15, -0.1) is 0 Å². The predicted octanol–water partition coefficient (Wildman–Crippen LogP) is 6.36. The van der Waals surface area contributed by atoms with Crippen molar-refractivity contribution in [3.05, 3.63) is 82.0 Å². The summed E-state index contributed by atoms with van der Waals surface area (Å²) in [6.07, 6.45) is 0. The van der Waals surface area contributed by atoms with Crippen molar-refractivity contribution in [2.45, 2.75) is 6.92 Å². The molecule has 2 aromatic heterocycles. The number of fused-ring (bicyclic) bond motifs is 1. The maximum absolute atomic E-state index is 13.0. The number of aryl methyl sites for hydroxylation is 1. The molecule has 134 valence electrons. The summed E-state index contributed by atoms with van der Waals surface area (Å²) in [7, 11) is 0. The van der Waals surface area contributed by atoms with Crippen LogP contribution in [-0.4, -0.2) is 10.9 Å². The van der Waals surface area contributed by atoms with Crippen LogP contribution >= 0.6 is 23.2 Å². The van der Waals surface area contributed by atoms with E-state index in [-0.39, 0.29) is 5.91 Å². The molecule has 4 rings (SSSR count). The fourth-order valence-corrected chi connectivity index (χ4v) is 3.13. The monoisotopic (exact) mass is 396 g/mol. The second-order valence-electron chi connectivity index (χ2n) is 6.07. The van der Waals surface area contributed by atoms with Crippen LogP contribution in [0.25, 0.3) is 22.4 Å². The average molecular weight is 397 g/mol. The normalized spacial score (nSPS) is 10.9. The Bertz CT molecular complexity index is 1170. The van der Waals surface area contributed by atoms with Crippen LogP contribution in [0.15, 0.2) is 65.1 Å². The summed E-state index contributed by atoms with van der Waals surface area (Å²) in [6.45, 7) is 1.86. The molecular formula is C21H14Cl2N2O2. The van der Waals surface area contributed by atoms with Gasteiger partial charge < -0.3 is 9.73 Å². The third-order valence-electron chi connectivity index (χ3n) is 4.13. The number of furan rings is 1. The zero-order valence-electron chi connectivity index (χ0n) is 14.3. The predicted molar refractivity (Wildman–Crippen MR) is 109 cm³/mol. The molecule has 0 saturated carbocycles. The highest BCUT2D eigenvalue weighted by Gasteiger charge is 2.16. The van der Waals surface area contributed by atoms with E-state index in [4.69, 9.17) is 27.6 Å². The number of rotatable bonds is 3. The van der Waals surface area contributed by atoms with Crippen LogP contribution in [0, 0.1) is 6.92 Å². The van der Waals surface area contributed by atoms with E-state index >= 15 is 0 Å². The highest BCUT2D eigenvalue weighted by atomic mass is 35.5. The zero-order chi connectivity index (χ0) is 19.0. The number of pyridine rings is 1. The van der Waals surface area contributed by atoms with E-state index in [0.29, 0.717) is 38.3 Å². The molecular weight excluding hydrogens is 383 g/mol. The third kappa shape index (κ3) is 3.54. The highest BCUT2D eigenvalue weighted by Crippen LogP contribution is 2.28. The van der Waals surface area contributed by atoms with Crippen LogP contribution in [-0.2, 0) is 0 Å². The van der Waals surface area contributed by atoms with Gasteiger partial charge in [0.15, 0.2) is 5.76 Å². The number of para-hydroxylation sites is 1. The Hall–Kier alpha value is -2.82. The molecule has 0 aliphatic rings. The Kier molecular flexibility index (Phi) is 4.60. The summed E-state index contributed by atoms with van der Waals surface area (Å²) < 4.78 is 5.67. The number of hydrogen-bond donors (Lipinski definition) is 1. The summed E-state index contributed by atoms with van der Waals surface area (Å²) in [4.78, 5) is 17.6. The lowest BCUT2D eigenvalue weighted by atomic mass is 10.1. The lowest BCUT2D eigenvalue weighted by molar-refractivity contribution is 0.102. The number of carbonyl (C=O) groups is 1. The molecule has 0 saturated heterocycles. The molecule has 0 bridgehead atoms. The topological polar surface area (TPSA) is 55.1 Å². The van der Waals surface area contributed by atoms with E-state index in [1.165, 1.54) is 0 Å². The molecule has 0 aliphatic carbocycles. The fourth-order valence-electron chi connectivity index (χ4n) is 2.83. The molecule has 1 amide bonds. The van der Waals surface area contributed by atoms with Crippen molar-refractivity contribution >= 4 is 45.7 Å². The zero-order valence-corrected chi connectivity index (χ0v) is 15.8. The standard InChI is InChI=1S/C21H14Cl2N2O2/c1-12-6-9-20(27-12)19-11-15(14-4-2-3-5-18(14)25-19)21(26)24-13-7-8-16(22)17(23)10-13/h2-11H,1H3,(H,24,26). The van der Waals surface area contributed by atoms with Crippen molar-refractivity contribution in [1.82, 2.24) is 4.98 Å². The smallest absolute Gasteiger partial charge is 0.256 e. The van der Waals surface area contributed by atoms with Gasteiger partial charge in [0.05, 0.1) is 21.1 Å². The summed E-state index contributed by atoms with van der Waals surface area (Å²) in [5, 5.41) is 4.42. The summed E-state index contributed by atoms with van der Waals surface area (Å²) >= 11 is 12.0. The largest absolute Gasteiger partial charge is 0.460 e. The molecule has 0 fully saturated rings. The van der Waals surface area contributed by atoms with Gasteiger partial charge in [0.1, 0.15) is 11.5 Å².